The van der Waals surface area contributed by atoms with Crippen LogP contribution in [0.15, 0.2) is 53.5 Å². The minimum Gasteiger partial charge on any atom is -0.385 e. The highest BCUT2D eigenvalue weighted by atomic mass is 19.3. The number of amides is 3. The number of piperazine rings is 1. The first kappa shape index (κ1) is 39.8. The molecule has 5 aliphatic rings. The van der Waals surface area contributed by atoms with Crippen molar-refractivity contribution in [1.82, 2.24) is 44.2 Å². The Labute approximate surface area is 355 Å². The molecule has 7 heterocycles. The number of imidazole rings is 2. The molecule has 16 nitrogen and oxygen atoms in total. The summed E-state index contributed by atoms with van der Waals surface area (Å²) in [6.07, 6.45) is 5.00. The van der Waals surface area contributed by atoms with Crippen molar-refractivity contribution in [2.45, 2.75) is 62.6 Å². The number of anilines is 4. The molecule has 1 aliphatic carbocycles. The lowest BCUT2D eigenvalue weighted by Gasteiger charge is -2.46. The predicted molar refractivity (Wildman–Crippen MR) is 229 cm³/mol. The Bertz CT molecular complexity index is 2760. The van der Waals surface area contributed by atoms with Crippen LogP contribution in [-0.2, 0) is 23.1 Å². The maximum absolute atomic E-state index is 15.9. The Morgan fingerprint density at radius 2 is 1.79 bits per heavy atom. The highest BCUT2D eigenvalue weighted by Gasteiger charge is 2.47. The van der Waals surface area contributed by atoms with E-state index in [4.69, 9.17) is 5.10 Å². The summed E-state index contributed by atoms with van der Waals surface area (Å²) < 4.78 is 36.4. The molecule has 0 radical (unpaired) electrons. The first-order valence-corrected chi connectivity index (χ1v) is 21.4. The number of piperidine rings is 2. The van der Waals surface area contributed by atoms with Gasteiger partial charge in [0.25, 0.3) is 11.8 Å². The fourth-order valence-electron chi connectivity index (χ4n) is 9.60. The number of nitrogens with one attached hydrogen (secondary N) is 3. The second-order valence-corrected chi connectivity index (χ2v) is 17.0. The summed E-state index contributed by atoms with van der Waals surface area (Å²) in [5.41, 5.74) is 6.41. The molecule has 3 amide bonds. The van der Waals surface area contributed by atoms with Crippen LogP contribution in [0.1, 0.15) is 59.8 Å². The highest BCUT2D eigenvalue weighted by molar-refractivity contribution is 6.00. The van der Waals surface area contributed by atoms with Crippen molar-refractivity contribution in [3.05, 3.63) is 76.0 Å². The number of hydrogen-bond acceptors (Lipinski definition) is 11. The fourth-order valence-corrected chi connectivity index (χ4v) is 9.60. The van der Waals surface area contributed by atoms with E-state index in [0.29, 0.717) is 73.9 Å². The minimum absolute atomic E-state index is 0.166. The largest absolute Gasteiger partial charge is 0.385 e. The molecule has 4 fully saturated rings. The van der Waals surface area contributed by atoms with Crippen LogP contribution in [0.2, 0.25) is 0 Å². The van der Waals surface area contributed by atoms with Gasteiger partial charge in [-0.25, -0.2) is 23.1 Å². The van der Waals surface area contributed by atoms with Crippen molar-refractivity contribution in [3.63, 3.8) is 0 Å². The van der Waals surface area contributed by atoms with E-state index in [1.807, 2.05) is 54.4 Å². The van der Waals surface area contributed by atoms with E-state index >= 15 is 8.78 Å². The molecule has 4 aliphatic heterocycles. The Kier molecular flexibility index (Phi) is 9.98. The standard InChI is InChI=1S/C44H48F2N12O4/c1-47-31-24-38(51-58-36(25-48-40(31)58)42(61)49-28-8-9-28)56-18-14-30-27(5-3-7-32(30)56)6-4-16-53-17-15-37(44(45,46)26-53)55-21-19-54(20-22-55)29-10-11-33-35(23-29)52(2)43(62)57(33)34-12-13-39(59)50-41(34)60/h3,5,7,10-11,23-25,28,34,37,47H,8-9,12-22,26H2,1-2H3,(H,49,61)(H,50,59,60). The van der Waals surface area contributed by atoms with E-state index in [1.165, 1.54) is 9.13 Å². The molecular weight excluding hydrogens is 799 g/mol. The third-order valence-electron chi connectivity index (χ3n) is 13.1. The zero-order valence-electron chi connectivity index (χ0n) is 34.7. The number of carbonyl (C=O) groups is 3. The molecule has 2 atom stereocenters. The molecule has 3 saturated heterocycles. The van der Waals surface area contributed by atoms with E-state index < -0.39 is 23.9 Å². The van der Waals surface area contributed by atoms with Gasteiger partial charge in [-0.3, -0.25) is 38.6 Å². The van der Waals surface area contributed by atoms with E-state index in [-0.39, 0.29) is 49.5 Å². The van der Waals surface area contributed by atoms with Gasteiger partial charge in [-0.1, -0.05) is 17.9 Å². The number of aryl methyl sites for hydroxylation is 1. The number of likely N-dealkylation sites (tertiary alicyclic amines) is 1. The number of rotatable bonds is 8. The molecule has 3 N–H and O–H groups in total. The van der Waals surface area contributed by atoms with E-state index in [1.54, 1.807) is 22.7 Å². The summed E-state index contributed by atoms with van der Waals surface area (Å²) in [7, 11) is 3.47. The lowest BCUT2D eigenvalue weighted by Crippen LogP contribution is -2.61. The van der Waals surface area contributed by atoms with Crippen molar-refractivity contribution in [1.29, 1.82) is 0 Å². The van der Waals surface area contributed by atoms with Gasteiger partial charge in [0.05, 0.1) is 42.0 Å². The topological polar surface area (TPSA) is 157 Å². The van der Waals surface area contributed by atoms with Crippen LogP contribution in [0.5, 0.6) is 0 Å². The van der Waals surface area contributed by atoms with Gasteiger partial charge in [-0.05, 0) is 68.0 Å². The van der Waals surface area contributed by atoms with Crippen LogP contribution < -0.4 is 31.4 Å². The van der Waals surface area contributed by atoms with Gasteiger partial charge in [0.2, 0.25) is 11.8 Å². The third-order valence-corrected chi connectivity index (χ3v) is 13.1. The van der Waals surface area contributed by atoms with Crippen LogP contribution >= 0.6 is 0 Å². The Morgan fingerprint density at radius 3 is 2.55 bits per heavy atom. The van der Waals surface area contributed by atoms with Crippen LogP contribution in [0.4, 0.5) is 31.7 Å². The summed E-state index contributed by atoms with van der Waals surface area (Å²) >= 11 is 0. The average Bonchev–Trinajstić information content (AvgIpc) is 3.69. The fraction of sp³-hybridized carbons (Fsp3) is 0.455. The molecule has 322 valence electrons. The number of nitrogens with zero attached hydrogens (tertiary/aromatic N) is 9. The lowest BCUT2D eigenvalue weighted by molar-refractivity contribution is -0.135. The summed E-state index contributed by atoms with van der Waals surface area (Å²) in [5.74, 6) is 3.23. The Balaban J connectivity index is 0.772. The normalized spacial score (nSPS) is 21.8. The van der Waals surface area contributed by atoms with Crippen LogP contribution in [-0.4, -0.2) is 129 Å². The van der Waals surface area contributed by atoms with Gasteiger partial charge >= 0.3 is 5.69 Å². The van der Waals surface area contributed by atoms with Crippen molar-refractivity contribution >= 4 is 57.3 Å². The Hall–Kier alpha value is -6.32. The van der Waals surface area contributed by atoms with Gasteiger partial charge < -0.3 is 20.4 Å². The van der Waals surface area contributed by atoms with Crippen molar-refractivity contribution in [3.8, 4) is 11.8 Å². The molecule has 10 rings (SSSR count). The molecule has 3 aromatic heterocycles. The number of fused-ring (bicyclic) bond motifs is 3. The lowest BCUT2D eigenvalue weighted by atomic mass is 9.98. The number of aromatic nitrogens is 5. The second kappa shape index (κ2) is 15.5. The van der Waals surface area contributed by atoms with Gasteiger partial charge in [-0.2, -0.15) is 0 Å². The zero-order valence-corrected chi connectivity index (χ0v) is 34.7. The van der Waals surface area contributed by atoms with Crippen molar-refractivity contribution in [2.24, 2.45) is 7.05 Å². The molecule has 18 heteroatoms. The van der Waals surface area contributed by atoms with Crippen molar-refractivity contribution in [2.75, 3.05) is 74.5 Å². The number of hydrogen-bond donors (Lipinski definition) is 3. The van der Waals surface area contributed by atoms with Crippen LogP contribution in [0.25, 0.3) is 16.7 Å². The Morgan fingerprint density at radius 1 is 0.968 bits per heavy atom. The average molecular weight is 847 g/mol. The summed E-state index contributed by atoms with van der Waals surface area (Å²) in [6, 6.07) is 12.1. The predicted octanol–water partition coefficient (Wildman–Crippen LogP) is 2.87. The monoisotopic (exact) mass is 846 g/mol. The molecule has 1 saturated carbocycles. The molecule has 62 heavy (non-hydrogen) atoms. The molecule has 2 unspecified atom stereocenters. The maximum Gasteiger partial charge on any atom is 0.329 e. The van der Waals surface area contributed by atoms with Gasteiger partial charge in [0.15, 0.2) is 17.2 Å². The third kappa shape index (κ3) is 7.12. The summed E-state index contributed by atoms with van der Waals surface area (Å²) in [6.45, 7) is 3.11. The van der Waals surface area contributed by atoms with Crippen LogP contribution in [0.3, 0.4) is 0 Å². The second-order valence-electron chi connectivity index (χ2n) is 17.0. The summed E-state index contributed by atoms with van der Waals surface area (Å²) in [4.78, 5) is 63.0. The van der Waals surface area contributed by atoms with E-state index in [9.17, 15) is 19.2 Å². The first-order valence-electron chi connectivity index (χ1n) is 21.4. The van der Waals surface area contributed by atoms with Gasteiger partial charge in [0, 0.05) is 88.8 Å². The maximum atomic E-state index is 15.9. The number of alkyl halides is 2. The smallest absolute Gasteiger partial charge is 0.329 e. The van der Waals surface area contributed by atoms with Crippen molar-refractivity contribution < 1.29 is 23.2 Å². The van der Waals surface area contributed by atoms with Crippen LogP contribution in [0, 0.1) is 11.8 Å². The van der Waals surface area contributed by atoms with Gasteiger partial charge in [0.1, 0.15) is 6.04 Å². The van der Waals surface area contributed by atoms with E-state index in [0.717, 1.165) is 47.5 Å². The molecule has 5 aromatic rings. The molecule has 0 bridgehead atoms. The number of imide groups is 1. The number of benzene rings is 2. The number of carbonyl (C=O) groups excluding carboxylic acids is 3. The number of halogens is 2. The highest BCUT2D eigenvalue weighted by Crippen LogP contribution is 2.37. The quantitative estimate of drug-likeness (QED) is 0.156. The van der Waals surface area contributed by atoms with Gasteiger partial charge in [-0.15, -0.1) is 5.10 Å². The molecule has 0 spiro atoms. The van der Waals surface area contributed by atoms with E-state index in [2.05, 4.69) is 42.6 Å². The SMILES string of the molecule is CNc1cc(N2CCc3c(C#CCN4CCC(N5CCN(c6ccc7c(c6)n(C)c(=O)n7C6CCC(=O)NC6=O)CC5)C(F)(F)C4)cccc32)nn2c(C(=O)NC3CC3)cnc12. The zero-order chi connectivity index (χ0) is 42.9. The first-order chi connectivity index (χ1) is 30.0. The minimum atomic E-state index is -2.92. The molecular formula is C44H48F2N12O4. The molecule has 2 aromatic carbocycles. The summed E-state index contributed by atoms with van der Waals surface area (Å²) in [5, 5.41) is 13.4.